The molecule has 2 aromatic rings. The summed E-state index contributed by atoms with van der Waals surface area (Å²) in [6, 6.07) is 5.09. The van der Waals surface area contributed by atoms with E-state index in [1.54, 1.807) is 17.4 Å². The third kappa shape index (κ3) is 3.11. The van der Waals surface area contributed by atoms with Crippen LogP contribution in [0.15, 0.2) is 29.0 Å². The van der Waals surface area contributed by atoms with Crippen molar-refractivity contribution < 1.29 is 13.2 Å². The fourth-order valence-corrected chi connectivity index (χ4v) is 2.62. The number of nitrogens with one attached hydrogen (secondary N) is 1. The summed E-state index contributed by atoms with van der Waals surface area (Å²) in [5, 5.41) is 15.8. The van der Waals surface area contributed by atoms with E-state index in [1.807, 2.05) is 17.7 Å². The molecule has 0 atom stereocenters. The summed E-state index contributed by atoms with van der Waals surface area (Å²) >= 11 is 1.57. The van der Waals surface area contributed by atoms with Gasteiger partial charge in [0.2, 0.25) is 0 Å². The SMILES string of the molecule is Cc1cscc1CNc1ccc(C(F)(F)F)c(C#N)c1. The third-order valence-electron chi connectivity index (χ3n) is 2.89. The van der Waals surface area contributed by atoms with Crippen LogP contribution in [0.5, 0.6) is 0 Å². The van der Waals surface area contributed by atoms with E-state index in [2.05, 4.69) is 5.32 Å². The Morgan fingerprint density at radius 2 is 2.05 bits per heavy atom. The molecule has 2 nitrogen and oxygen atoms in total. The van der Waals surface area contributed by atoms with Gasteiger partial charge in [0.1, 0.15) is 0 Å². The summed E-state index contributed by atoms with van der Waals surface area (Å²) in [7, 11) is 0. The maximum Gasteiger partial charge on any atom is 0.417 e. The Morgan fingerprint density at radius 3 is 2.60 bits per heavy atom. The van der Waals surface area contributed by atoms with Crippen LogP contribution in [-0.4, -0.2) is 0 Å². The predicted octanol–water partition coefficient (Wildman–Crippen LogP) is 4.56. The van der Waals surface area contributed by atoms with E-state index in [0.29, 0.717) is 12.2 Å². The van der Waals surface area contributed by atoms with Gasteiger partial charge < -0.3 is 5.32 Å². The summed E-state index contributed by atoms with van der Waals surface area (Å²) < 4.78 is 38.0. The Labute approximate surface area is 118 Å². The summed E-state index contributed by atoms with van der Waals surface area (Å²) in [5.74, 6) is 0. The van der Waals surface area contributed by atoms with Crippen molar-refractivity contribution in [2.45, 2.75) is 19.6 Å². The Kier molecular flexibility index (Phi) is 4.00. The molecule has 1 aromatic carbocycles. The molecule has 0 amide bonds. The number of hydrogen-bond donors (Lipinski definition) is 1. The zero-order valence-corrected chi connectivity index (χ0v) is 11.4. The third-order valence-corrected chi connectivity index (χ3v) is 3.80. The monoisotopic (exact) mass is 296 g/mol. The Hall–Kier alpha value is -2.00. The summed E-state index contributed by atoms with van der Waals surface area (Å²) in [5.41, 5.74) is 1.45. The van der Waals surface area contributed by atoms with Crippen molar-refractivity contribution in [1.29, 1.82) is 5.26 Å². The van der Waals surface area contributed by atoms with E-state index in [0.717, 1.165) is 17.2 Å². The van der Waals surface area contributed by atoms with Crippen LogP contribution in [0.4, 0.5) is 18.9 Å². The van der Waals surface area contributed by atoms with Crippen LogP contribution in [-0.2, 0) is 12.7 Å². The summed E-state index contributed by atoms with van der Waals surface area (Å²) in [6.07, 6.45) is -4.51. The highest BCUT2D eigenvalue weighted by atomic mass is 32.1. The first-order chi connectivity index (χ1) is 9.41. The minimum Gasteiger partial charge on any atom is -0.381 e. The molecule has 0 spiro atoms. The van der Waals surface area contributed by atoms with Crippen LogP contribution in [0.3, 0.4) is 0 Å². The Morgan fingerprint density at radius 1 is 1.30 bits per heavy atom. The lowest BCUT2D eigenvalue weighted by atomic mass is 10.1. The highest BCUT2D eigenvalue weighted by Crippen LogP contribution is 2.33. The standard InChI is InChI=1S/C14H11F3N2S/c1-9-7-20-8-11(9)6-19-12-2-3-13(14(15,16)17)10(4-12)5-18/h2-4,7-8,19H,6H2,1H3. The van der Waals surface area contributed by atoms with Gasteiger partial charge >= 0.3 is 6.18 Å². The smallest absolute Gasteiger partial charge is 0.381 e. The van der Waals surface area contributed by atoms with Gasteiger partial charge in [0, 0.05) is 12.2 Å². The van der Waals surface area contributed by atoms with Crippen molar-refractivity contribution in [3.8, 4) is 6.07 Å². The first kappa shape index (κ1) is 14.4. The van der Waals surface area contributed by atoms with Crippen molar-refractivity contribution in [2.75, 3.05) is 5.32 Å². The first-order valence-corrected chi connectivity index (χ1v) is 6.73. The van der Waals surface area contributed by atoms with Crippen LogP contribution in [0, 0.1) is 18.3 Å². The molecule has 1 heterocycles. The number of nitriles is 1. The van der Waals surface area contributed by atoms with Crippen LogP contribution < -0.4 is 5.32 Å². The van der Waals surface area contributed by atoms with Gasteiger partial charge in [-0.1, -0.05) is 0 Å². The summed E-state index contributed by atoms with van der Waals surface area (Å²) in [4.78, 5) is 0. The van der Waals surface area contributed by atoms with Gasteiger partial charge in [-0.3, -0.25) is 0 Å². The molecule has 6 heteroatoms. The molecule has 1 aromatic heterocycles. The normalized spacial score (nSPS) is 11.2. The van der Waals surface area contributed by atoms with Crippen LogP contribution in [0.25, 0.3) is 0 Å². The highest BCUT2D eigenvalue weighted by Gasteiger charge is 2.33. The van der Waals surface area contributed by atoms with Crippen molar-refractivity contribution >= 4 is 17.0 Å². The predicted molar refractivity (Wildman–Crippen MR) is 72.5 cm³/mol. The van der Waals surface area contributed by atoms with E-state index in [1.165, 1.54) is 12.1 Å². The van der Waals surface area contributed by atoms with Crippen LogP contribution in [0.1, 0.15) is 22.3 Å². The Bertz CT molecular complexity index is 653. The number of hydrogen-bond acceptors (Lipinski definition) is 3. The number of alkyl halides is 3. The largest absolute Gasteiger partial charge is 0.417 e. The molecule has 0 fully saturated rings. The van der Waals surface area contributed by atoms with E-state index >= 15 is 0 Å². The van der Waals surface area contributed by atoms with Gasteiger partial charge in [-0.25, -0.2) is 0 Å². The quantitative estimate of drug-likeness (QED) is 0.901. The molecular weight excluding hydrogens is 285 g/mol. The second kappa shape index (κ2) is 5.55. The highest BCUT2D eigenvalue weighted by molar-refractivity contribution is 7.08. The van der Waals surface area contributed by atoms with Gasteiger partial charge in [0.05, 0.1) is 17.2 Å². The fraction of sp³-hybridized carbons (Fsp3) is 0.214. The number of benzene rings is 1. The van der Waals surface area contributed by atoms with Crippen molar-refractivity contribution in [3.63, 3.8) is 0 Å². The minimum absolute atomic E-state index is 0.371. The van der Waals surface area contributed by atoms with E-state index in [4.69, 9.17) is 5.26 Å². The average Bonchev–Trinajstić information content (AvgIpc) is 2.80. The number of rotatable bonds is 3. The number of nitrogens with zero attached hydrogens (tertiary/aromatic N) is 1. The minimum atomic E-state index is -4.51. The molecule has 0 aliphatic rings. The molecule has 0 aliphatic carbocycles. The van der Waals surface area contributed by atoms with Gasteiger partial charge in [-0.2, -0.15) is 29.8 Å². The lowest BCUT2D eigenvalue weighted by molar-refractivity contribution is -0.137. The van der Waals surface area contributed by atoms with Gasteiger partial charge in [-0.15, -0.1) is 0 Å². The zero-order valence-electron chi connectivity index (χ0n) is 10.6. The maximum absolute atomic E-state index is 12.7. The number of aryl methyl sites for hydroxylation is 1. The molecule has 2 rings (SSSR count). The van der Waals surface area contributed by atoms with Crippen molar-refractivity contribution in [1.82, 2.24) is 0 Å². The topological polar surface area (TPSA) is 35.8 Å². The summed E-state index contributed by atoms with van der Waals surface area (Å²) in [6.45, 7) is 2.49. The van der Waals surface area contributed by atoms with Gasteiger partial charge in [0.25, 0.3) is 0 Å². The van der Waals surface area contributed by atoms with Crippen LogP contribution >= 0.6 is 11.3 Å². The van der Waals surface area contributed by atoms with Crippen molar-refractivity contribution in [2.24, 2.45) is 0 Å². The molecule has 20 heavy (non-hydrogen) atoms. The van der Waals surface area contributed by atoms with Crippen LogP contribution in [0.2, 0.25) is 0 Å². The lowest BCUT2D eigenvalue weighted by Crippen LogP contribution is -2.08. The molecule has 0 radical (unpaired) electrons. The second-order valence-electron chi connectivity index (χ2n) is 4.30. The number of halogens is 3. The molecular formula is C14H11F3N2S. The average molecular weight is 296 g/mol. The van der Waals surface area contributed by atoms with Gasteiger partial charge in [-0.05, 0) is 47.0 Å². The molecule has 0 aliphatic heterocycles. The molecule has 1 N–H and O–H groups in total. The first-order valence-electron chi connectivity index (χ1n) is 5.78. The van der Waals surface area contributed by atoms with Gasteiger partial charge in [0.15, 0.2) is 0 Å². The molecule has 0 saturated heterocycles. The zero-order chi connectivity index (χ0) is 14.8. The Balaban J connectivity index is 2.19. The molecule has 104 valence electrons. The molecule has 0 bridgehead atoms. The van der Waals surface area contributed by atoms with E-state index < -0.39 is 11.7 Å². The second-order valence-corrected chi connectivity index (χ2v) is 5.05. The molecule has 0 unspecified atom stereocenters. The maximum atomic E-state index is 12.7. The molecule has 0 saturated carbocycles. The number of anilines is 1. The lowest BCUT2D eigenvalue weighted by Gasteiger charge is -2.11. The van der Waals surface area contributed by atoms with E-state index in [-0.39, 0.29) is 5.56 Å². The van der Waals surface area contributed by atoms with E-state index in [9.17, 15) is 13.2 Å². The fourth-order valence-electron chi connectivity index (χ4n) is 1.76. The number of thiophene rings is 1. The van der Waals surface area contributed by atoms with Crippen molar-refractivity contribution in [3.05, 3.63) is 51.2 Å².